The van der Waals surface area contributed by atoms with Crippen LogP contribution in [-0.2, 0) is 9.59 Å². The standard InChI is InChI=1S/C24H25N3O2/c1-14-4-10-20(11-5-14)26-15(2)12-19(16(26)3)13-25-27-23(28)21-17-6-7-18(9-8-17)22(21)24(27)29/h4-7,10-13,17-18,21-22H,8-9H2,1-3H3/b25-13-/t17-,18-,21-,22+/m0/s1. The van der Waals surface area contributed by atoms with Crippen LogP contribution in [-0.4, -0.2) is 27.6 Å². The molecule has 0 N–H and O–H groups in total. The molecule has 29 heavy (non-hydrogen) atoms. The average Bonchev–Trinajstić information content (AvgIpc) is 3.16. The van der Waals surface area contributed by atoms with Gasteiger partial charge in [-0.05, 0) is 63.6 Å². The number of hydrazone groups is 1. The molecular formula is C24H25N3O2. The highest BCUT2D eigenvalue weighted by Crippen LogP contribution is 2.49. The first-order chi connectivity index (χ1) is 14.0. The molecule has 5 heteroatoms. The van der Waals surface area contributed by atoms with Crippen molar-refractivity contribution in [3.05, 3.63) is 65.0 Å². The van der Waals surface area contributed by atoms with Gasteiger partial charge in [0.1, 0.15) is 0 Å². The van der Waals surface area contributed by atoms with Crippen molar-refractivity contribution in [1.29, 1.82) is 0 Å². The lowest BCUT2D eigenvalue weighted by molar-refractivity contribution is -0.140. The van der Waals surface area contributed by atoms with Gasteiger partial charge in [-0.15, -0.1) is 0 Å². The number of fused-ring (bicyclic) bond motifs is 1. The molecule has 4 aliphatic rings. The van der Waals surface area contributed by atoms with E-state index in [1.54, 1.807) is 6.21 Å². The summed E-state index contributed by atoms with van der Waals surface area (Å²) in [6, 6.07) is 10.4. The Kier molecular flexibility index (Phi) is 4.09. The third-order valence-corrected chi connectivity index (χ3v) is 6.81. The Hall–Kier alpha value is -2.95. The van der Waals surface area contributed by atoms with Crippen LogP contribution in [0.1, 0.15) is 35.4 Å². The maximum atomic E-state index is 12.9. The van der Waals surface area contributed by atoms with Gasteiger partial charge in [0.15, 0.2) is 0 Å². The highest BCUT2D eigenvalue weighted by Gasteiger charge is 2.56. The van der Waals surface area contributed by atoms with Crippen molar-refractivity contribution in [2.75, 3.05) is 0 Å². The molecule has 1 saturated carbocycles. The fraction of sp³-hybridized carbons (Fsp3) is 0.375. The Labute approximate surface area is 170 Å². The van der Waals surface area contributed by atoms with Gasteiger partial charge in [-0.1, -0.05) is 29.8 Å². The van der Waals surface area contributed by atoms with Gasteiger partial charge < -0.3 is 4.57 Å². The number of aromatic nitrogens is 1. The molecule has 2 bridgehead atoms. The summed E-state index contributed by atoms with van der Waals surface area (Å²) in [5, 5.41) is 5.50. The van der Waals surface area contributed by atoms with Crippen LogP contribution in [0.4, 0.5) is 0 Å². The molecule has 0 radical (unpaired) electrons. The molecular weight excluding hydrogens is 362 g/mol. The zero-order valence-corrected chi connectivity index (χ0v) is 17.0. The lowest BCUT2D eigenvalue weighted by Gasteiger charge is -2.37. The Balaban J connectivity index is 1.44. The Bertz CT molecular complexity index is 1030. The number of benzene rings is 1. The van der Waals surface area contributed by atoms with Crippen LogP contribution in [0.25, 0.3) is 5.69 Å². The van der Waals surface area contributed by atoms with Crippen LogP contribution in [0, 0.1) is 44.4 Å². The van der Waals surface area contributed by atoms with Gasteiger partial charge in [-0.25, -0.2) is 0 Å². The van der Waals surface area contributed by atoms with Crippen molar-refractivity contribution >= 4 is 18.0 Å². The van der Waals surface area contributed by atoms with E-state index in [-0.39, 0.29) is 35.5 Å². The third-order valence-electron chi connectivity index (χ3n) is 6.81. The van der Waals surface area contributed by atoms with Crippen molar-refractivity contribution in [1.82, 2.24) is 9.58 Å². The van der Waals surface area contributed by atoms with E-state index in [2.05, 4.69) is 53.0 Å². The summed E-state index contributed by atoms with van der Waals surface area (Å²) in [4.78, 5) is 25.8. The minimum Gasteiger partial charge on any atom is -0.318 e. The Morgan fingerprint density at radius 2 is 1.52 bits per heavy atom. The third kappa shape index (κ3) is 2.71. The first-order valence-electron chi connectivity index (χ1n) is 10.3. The van der Waals surface area contributed by atoms with Crippen LogP contribution in [0.5, 0.6) is 0 Å². The highest BCUT2D eigenvalue weighted by atomic mass is 16.2. The van der Waals surface area contributed by atoms with Crippen LogP contribution in [0.2, 0.25) is 0 Å². The minimum absolute atomic E-state index is 0.136. The van der Waals surface area contributed by atoms with Crippen LogP contribution in [0.15, 0.2) is 47.6 Å². The first kappa shape index (κ1) is 18.1. The van der Waals surface area contributed by atoms with Gasteiger partial charge in [-0.2, -0.15) is 10.1 Å². The minimum atomic E-state index is -0.219. The van der Waals surface area contributed by atoms with E-state index in [1.807, 2.05) is 19.9 Å². The van der Waals surface area contributed by atoms with Gasteiger partial charge in [0.2, 0.25) is 0 Å². The molecule has 4 atom stereocenters. The van der Waals surface area contributed by atoms with Gasteiger partial charge in [0, 0.05) is 22.6 Å². The topological polar surface area (TPSA) is 54.7 Å². The summed E-state index contributed by atoms with van der Waals surface area (Å²) in [7, 11) is 0. The largest absolute Gasteiger partial charge is 0.318 e. The van der Waals surface area contributed by atoms with E-state index >= 15 is 0 Å². The number of hydrogen-bond acceptors (Lipinski definition) is 3. The molecule has 2 aromatic rings. The monoisotopic (exact) mass is 387 g/mol. The number of carbonyl (C=O) groups is 2. The molecule has 0 spiro atoms. The van der Waals surface area contributed by atoms with E-state index in [4.69, 9.17) is 0 Å². The molecule has 3 aliphatic carbocycles. The lowest BCUT2D eigenvalue weighted by atomic mass is 9.63. The fourth-order valence-electron chi connectivity index (χ4n) is 5.30. The molecule has 1 aromatic carbocycles. The number of allylic oxidation sites excluding steroid dienone is 2. The van der Waals surface area contributed by atoms with Crippen LogP contribution in [0.3, 0.4) is 0 Å². The smallest absolute Gasteiger partial charge is 0.254 e. The second-order valence-corrected chi connectivity index (χ2v) is 8.57. The fourth-order valence-corrected chi connectivity index (χ4v) is 5.30. The molecule has 1 saturated heterocycles. The van der Waals surface area contributed by atoms with Gasteiger partial charge in [0.25, 0.3) is 11.8 Å². The van der Waals surface area contributed by atoms with E-state index in [1.165, 1.54) is 5.56 Å². The van der Waals surface area contributed by atoms with E-state index < -0.39 is 0 Å². The molecule has 5 nitrogen and oxygen atoms in total. The number of aryl methyl sites for hydroxylation is 2. The second kappa shape index (κ2) is 6.55. The zero-order chi connectivity index (χ0) is 20.3. The maximum absolute atomic E-state index is 12.9. The second-order valence-electron chi connectivity index (χ2n) is 8.57. The quantitative estimate of drug-likeness (QED) is 0.455. The number of hydrogen-bond donors (Lipinski definition) is 0. The molecule has 1 aliphatic heterocycles. The summed E-state index contributed by atoms with van der Waals surface area (Å²) in [5.41, 5.74) is 5.34. The van der Waals surface area contributed by atoms with Crippen molar-refractivity contribution in [3.63, 3.8) is 0 Å². The first-order valence-corrected chi connectivity index (χ1v) is 10.3. The SMILES string of the molecule is Cc1ccc(-n2c(C)cc(/C=N\N3C(=O)[C@@H]4[C@H](C3=O)[C@H]3C=C[C@H]4CC3)c2C)cc1. The average molecular weight is 387 g/mol. The molecule has 2 amide bonds. The summed E-state index contributed by atoms with van der Waals surface area (Å²) in [5.74, 6) is -0.335. The summed E-state index contributed by atoms with van der Waals surface area (Å²) >= 11 is 0. The van der Waals surface area contributed by atoms with Crippen LogP contribution >= 0.6 is 0 Å². The number of amides is 2. The number of nitrogens with zero attached hydrogens (tertiary/aromatic N) is 3. The number of carbonyl (C=O) groups excluding carboxylic acids is 2. The van der Waals surface area contributed by atoms with E-state index in [0.717, 1.165) is 40.5 Å². The van der Waals surface area contributed by atoms with Crippen LogP contribution < -0.4 is 0 Å². The summed E-state index contributed by atoms with van der Waals surface area (Å²) < 4.78 is 2.17. The Morgan fingerprint density at radius 1 is 0.931 bits per heavy atom. The Morgan fingerprint density at radius 3 is 2.07 bits per heavy atom. The van der Waals surface area contributed by atoms with Crippen molar-refractivity contribution in [3.8, 4) is 5.69 Å². The number of rotatable bonds is 3. The molecule has 6 rings (SSSR count). The van der Waals surface area contributed by atoms with Crippen molar-refractivity contribution < 1.29 is 9.59 Å². The predicted molar refractivity (Wildman–Crippen MR) is 112 cm³/mol. The predicted octanol–water partition coefficient (Wildman–Crippen LogP) is 3.93. The molecule has 1 aromatic heterocycles. The lowest BCUT2D eigenvalue weighted by Crippen LogP contribution is -2.38. The highest BCUT2D eigenvalue weighted by molar-refractivity contribution is 6.06. The van der Waals surface area contributed by atoms with E-state index in [0.29, 0.717) is 0 Å². The molecule has 2 fully saturated rings. The summed E-state index contributed by atoms with van der Waals surface area (Å²) in [6.07, 6.45) is 7.91. The molecule has 0 unspecified atom stereocenters. The molecule has 148 valence electrons. The maximum Gasteiger partial charge on any atom is 0.254 e. The van der Waals surface area contributed by atoms with Gasteiger partial charge in [-0.3, -0.25) is 9.59 Å². The van der Waals surface area contributed by atoms with Gasteiger partial charge in [0.05, 0.1) is 18.1 Å². The van der Waals surface area contributed by atoms with Crippen molar-refractivity contribution in [2.45, 2.75) is 33.6 Å². The zero-order valence-electron chi connectivity index (χ0n) is 17.0. The van der Waals surface area contributed by atoms with Gasteiger partial charge >= 0.3 is 0 Å². The molecule has 2 heterocycles. The van der Waals surface area contributed by atoms with Crippen molar-refractivity contribution in [2.24, 2.45) is 28.8 Å². The van der Waals surface area contributed by atoms with E-state index in [9.17, 15) is 9.59 Å². The normalized spacial score (nSPS) is 28.0. The summed E-state index contributed by atoms with van der Waals surface area (Å²) in [6.45, 7) is 6.15. The number of imide groups is 1.